The monoisotopic (exact) mass is 436 g/mol. The summed E-state index contributed by atoms with van der Waals surface area (Å²) in [5.74, 6) is 1.42. The number of anilines is 2. The van der Waals surface area contributed by atoms with E-state index in [-0.39, 0.29) is 11.9 Å². The molecule has 1 N–H and O–H groups in total. The molecule has 1 aromatic carbocycles. The van der Waals surface area contributed by atoms with Crippen molar-refractivity contribution in [2.45, 2.75) is 13.8 Å². The van der Waals surface area contributed by atoms with E-state index in [1.807, 2.05) is 41.8 Å². The van der Waals surface area contributed by atoms with E-state index in [1.54, 1.807) is 31.3 Å². The number of rotatable bonds is 5. The molecule has 1 saturated heterocycles. The molecule has 0 bridgehead atoms. The van der Waals surface area contributed by atoms with Crippen molar-refractivity contribution in [3.8, 4) is 0 Å². The minimum atomic E-state index is -0.384. The van der Waals surface area contributed by atoms with Gasteiger partial charge in [-0.2, -0.15) is 11.8 Å². The van der Waals surface area contributed by atoms with Crippen LogP contribution < -0.4 is 5.32 Å². The molecule has 0 saturated carbocycles. The zero-order valence-electron chi connectivity index (χ0n) is 17.6. The summed E-state index contributed by atoms with van der Waals surface area (Å²) < 4.78 is 5.11. The van der Waals surface area contributed by atoms with Crippen molar-refractivity contribution >= 4 is 46.0 Å². The number of carbonyl (C=O) groups excluding carboxylic acids is 2. The zero-order chi connectivity index (χ0) is 21.8. The van der Waals surface area contributed by atoms with E-state index in [2.05, 4.69) is 15.3 Å². The number of thioether (sulfide) groups is 1. The lowest BCUT2D eigenvalue weighted by atomic mass is 10.1. The van der Waals surface area contributed by atoms with Gasteiger partial charge in [-0.25, -0.2) is 14.8 Å². The summed E-state index contributed by atoms with van der Waals surface area (Å²) in [6.45, 7) is 5.41. The van der Waals surface area contributed by atoms with Crippen molar-refractivity contribution in [2.75, 3.05) is 36.5 Å². The van der Waals surface area contributed by atoms with Crippen molar-refractivity contribution < 1.29 is 14.3 Å². The highest BCUT2D eigenvalue weighted by Gasteiger charge is 2.23. The lowest BCUT2D eigenvalue weighted by molar-refractivity contribution is 0.0526. The summed E-state index contributed by atoms with van der Waals surface area (Å²) in [4.78, 5) is 36.3. The molecule has 0 radical (unpaired) electrons. The van der Waals surface area contributed by atoms with E-state index in [4.69, 9.17) is 4.74 Å². The maximum absolute atomic E-state index is 13.3. The second-order valence-electron chi connectivity index (χ2n) is 7.20. The second-order valence-corrected chi connectivity index (χ2v) is 8.43. The normalized spacial score (nSPS) is 13.8. The lowest BCUT2D eigenvalue weighted by Crippen LogP contribution is -2.38. The number of aromatic nitrogens is 2. The highest BCUT2D eigenvalue weighted by molar-refractivity contribution is 7.99. The molecule has 1 fully saturated rings. The van der Waals surface area contributed by atoms with E-state index in [0.717, 1.165) is 22.6 Å². The third-order valence-electron chi connectivity index (χ3n) is 5.04. The predicted molar refractivity (Wildman–Crippen MR) is 123 cm³/mol. The van der Waals surface area contributed by atoms with Crippen LogP contribution in [-0.2, 0) is 4.74 Å². The molecule has 8 heteroatoms. The van der Waals surface area contributed by atoms with E-state index in [9.17, 15) is 9.59 Å². The Hall–Kier alpha value is -3.13. The van der Waals surface area contributed by atoms with Crippen LogP contribution in [0.5, 0.6) is 0 Å². The Bertz CT molecular complexity index is 1130. The van der Waals surface area contributed by atoms with Crippen LogP contribution >= 0.6 is 11.8 Å². The minimum Gasteiger partial charge on any atom is -0.462 e. The van der Waals surface area contributed by atoms with Crippen LogP contribution in [0.2, 0.25) is 0 Å². The van der Waals surface area contributed by atoms with E-state index in [1.165, 1.54) is 0 Å². The molecule has 3 heterocycles. The number of hydrogen-bond acceptors (Lipinski definition) is 7. The average molecular weight is 437 g/mol. The Kier molecular flexibility index (Phi) is 6.36. The average Bonchev–Trinajstić information content (AvgIpc) is 2.79. The number of esters is 1. The van der Waals surface area contributed by atoms with Crippen LogP contribution in [0.4, 0.5) is 11.4 Å². The summed E-state index contributed by atoms with van der Waals surface area (Å²) in [6.07, 6.45) is 1.59. The number of fused-ring (bicyclic) bond motifs is 1. The number of nitrogens with one attached hydrogen (secondary N) is 1. The van der Waals surface area contributed by atoms with E-state index >= 15 is 0 Å². The maximum atomic E-state index is 13.3. The molecular formula is C23H24N4O3S. The first kappa shape index (κ1) is 21.1. The van der Waals surface area contributed by atoms with Crippen LogP contribution in [0.15, 0.2) is 42.6 Å². The van der Waals surface area contributed by atoms with Gasteiger partial charge in [0.05, 0.1) is 23.4 Å². The van der Waals surface area contributed by atoms with Crippen LogP contribution in [0, 0.1) is 6.92 Å². The molecule has 0 unspecified atom stereocenters. The van der Waals surface area contributed by atoms with Gasteiger partial charge in [0.25, 0.3) is 5.91 Å². The number of hydrogen-bond donors (Lipinski definition) is 1. The molecule has 1 amide bonds. The number of ether oxygens (including phenoxy) is 1. The summed E-state index contributed by atoms with van der Waals surface area (Å²) in [6, 6.07) is 10.9. The number of aryl methyl sites for hydroxylation is 1. The van der Waals surface area contributed by atoms with Gasteiger partial charge in [0, 0.05) is 47.6 Å². The number of pyridine rings is 2. The molecule has 31 heavy (non-hydrogen) atoms. The molecule has 0 aliphatic carbocycles. The predicted octanol–water partition coefficient (Wildman–Crippen LogP) is 4.05. The first-order valence-electron chi connectivity index (χ1n) is 10.2. The molecule has 1 aliphatic rings. The largest absolute Gasteiger partial charge is 0.462 e. The fourth-order valence-electron chi connectivity index (χ4n) is 3.49. The Labute approximate surface area is 185 Å². The minimum absolute atomic E-state index is 0.0562. The van der Waals surface area contributed by atoms with Crippen molar-refractivity contribution in [2.24, 2.45) is 0 Å². The van der Waals surface area contributed by atoms with Crippen LogP contribution in [0.3, 0.4) is 0 Å². The fourth-order valence-corrected chi connectivity index (χ4v) is 4.39. The van der Waals surface area contributed by atoms with Gasteiger partial charge in [-0.15, -0.1) is 0 Å². The quantitative estimate of drug-likeness (QED) is 0.604. The molecule has 3 aromatic rings. The Balaban J connectivity index is 1.76. The SMILES string of the molecule is CCOC(=O)c1cccc(Nc2c(C(=O)N3CCSCC3)cnc3nc(C)ccc23)c1. The van der Waals surface area contributed by atoms with Gasteiger partial charge in [0.2, 0.25) is 0 Å². The first-order valence-corrected chi connectivity index (χ1v) is 11.4. The number of nitrogens with zero attached hydrogens (tertiary/aromatic N) is 3. The maximum Gasteiger partial charge on any atom is 0.338 e. The van der Waals surface area contributed by atoms with Crippen molar-refractivity contribution in [3.63, 3.8) is 0 Å². The summed E-state index contributed by atoms with van der Waals surface area (Å²) >= 11 is 1.85. The topological polar surface area (TPSA) is 84.4 Å². The standard InChI is InChI=1S/C23H24N4O3S/c1-3-30-23(29)16-5-4-6-17(13-16)26-20-18-8-7-15(2)25-21(18)24-14-19(20)22(28)27-9-11-31-12-10-27/h4-8,13-14H,3,9-12H2,1-2H3,(H,24,25,26). The highest BCUT2D eigenvalue weighted by Crippen LogP contribution is 2.30. The summed E-state index contributed by atoms with van der Waals surface area (Å²) in [7, 11) is 0. The van der Waals surface area contributed by atoms with Gasteiger partial charge in [-0.3, -0.25) is 4.79 Å². The highest BCUT2D eigenvalue weighted by atomic mass is 32.2. The van der Waals surface area contributed by atoms with Gasteiger partial charge < -0.3 is 15.0 Å². The van der Waals surface area contributed by atoms with Crippen LogP contribution in [0.1, 0.15) is 33.3 Å². The first-order chi connectivity index (χ1) is 15.1. The number of benzene rings is 1. The summed E-state index contributed by atoms with van der Waals surface area (Å²) in [5.41, 5.74) is 3.67. The van der Waals surface area contributed by atoms with Crippen molar-refractivity contribution in [3.05, 3.63) is 59.4 Å². The number of carbonyl (C=O) groups is 2. The number of amides is 1. The second kappa shape index (κ2) is 9.34. The molecule has 7 nitrogen and oxygen atoms in total. The molecule has 160 valence electrons. The van der Waals surface area contributed by atoms with Gasteiger partial charge in [-0.05, 0) is 44.2 Å². The molecule has 0 spiro atoms. The van der Waals surface area contributed by atoms with E-state index < -0.39 is 0 Å². The Morgan fingerprint density at radius 1 is 1.19 bits per heavy atom. The lowest BCUT2D eigenvalue weighted by Gasteiger charge is -2.27. The molecule has 4 rings (SSSR count). The van der Waals surface area contributed by atoms with Gasteiger partial charge in [0.15, 0.2) is 5.65 Å². The third-order valence-corrected chi connectivity index (χ3v) is 5.98. The molecular weight excluding hydrogens is 412 g/mol. The van der Waals surface area contributed by atoms with Gasteiger partial charge >= 0.3 is 5.97 Å². The van der Waals surface area contributed by atoms with Gasteiger partial charge in [-0.1, -0.05) is 6.07 Å². The summed E-state index contributed by atoms with van der Waals surface area (Å²) in [5, 5.41) is 4.11. The zero-order valence-corrected chi connectivity index (χ0v) is 18.4. The van der Waals surface area contributed by atoms with E-state index in [0.29, 0.717) is 47.8 Å². The molecule has 0 atom stereocenters. The van der Waals surface area contributed by atoms with Crippen molar-refractivity contribution in [1.82, 2.24) is 14.9 Å². The van der Waals surface area contributed by atoms with Crippen LogP contribution in [0.25, 0.3) is 11.0 Å². The molecule has 2 aromatic heterocycles. The van der Waals surface area contributed by atoms with Crippen molar-refractivity contribution in [1.29, 1.82) is 0 Å². The third kappa shape index (κ3) is 4.64. The molecule has 1 aliphatic heterocycles. The smallest absolute Gasteiger partial charge is 0.338 e. The Morgan fingerprint density at radius 2 is 2.00 bits per heavy atom. The Morgan fingerprint density at radius 3 is 2.77 bits per heavy atom. The van der Waals surface area contributed by atoms with Crippen LogP contribution in [-0.4, -0.2) is 57.9 Å². The fraction of sp³-hybridized carbons (Fsp3) is 0.304. The van der Waals surface area contributed by atoms with Gasteiger partial charge in [0.1, 0.15) is 0 Å².